The van der Waals surface area contributed by atoms with Crippen LogP contribution in [0.1, 0.15) is 27.7 Å². The van der Waals surface area contributed by atoms with Crippen LogP contribution in [0.25, 0.3) is 0 Å². The van der Waals surface area contributed by atoms with Gasteiger partial charge in [0.15, 0.2) is 6.04 Å². The zero-order chi connectivity index (χ0) is 8.36. The molecular formula is C6H18N3O+. The van der Waals surface area contributed by atoms with Crippen molar-refractivity contribution < 1.29 is 9.70 Å². The molecule has 0 unspecified atom stereocenters. The van der Waals surface area contributed by atoms with Crippen LogP contribution >= 0.6 is 0 Å². The molecule has 0 aliphatic heterocycles. The molecule has 0 radical (unpaired) electrons. The van der Waals surface area contributed by atoms with Crippen molar-refractivity contribution in [3.8, 4) is 0 Å². The molecule has 0 atom stereocenters. The highest BCUT2D eigenvalue weighted by atomic mass is 16.8. The van der Waals surface area contributed by atoms with Gasteiger partial charge in [0.1, 0.15) is 6.10 Å². The first-order valence-corrected chi connectivity index (χ1v) is 3.50. The standard InChI is InChI=1S/C6H18N3O/c1-5(2)9(7,8)10-6(3)4/h5-6H,7-8H2,1-4H3/q+1. The summed E-state index contributed by atoms with van der Waals surface area (Å²) in [6.07, 6.45) is 0.0531. The van der Waals surface area contributed by atoms with Crippen LogP contribution in [-0.4, -0.2) is 17.0 Å². The maximum absolute atomic E-state index is 5.55. The van der Waals surface area contributed by atoms with E-state index >= 15 is 0 Å². The maximum atomic E-state index is 5.55. The molecular weight excluding hydrogens is 130 g/mol. The number of quaternary nitrogens is 1. The van der Waals surface area contributed by atoms with Crippen molar-refractivity contribution in [3.05, 3.63) is 0 Å². The average molecular weight is 148 g/mol. The fraction of sp³-hybridized carbons (Fsp3) is 1.00. The molecule has 0 heterocycles. The Morgan fingerprint density at radius 2 is 1.50 bits per heavy atom. The smallest absolute Gasteiger partial charge is 0.152 e. The van der Waals surface area contributed by atoms with Crippen LogP contribution in [0.4, 0.5) is 0 Å². The highest BCUT2D eigenvalue weighted by molar-refractivity contribution is 4.31. The Balaban J connectivity index is 3.87. The van der Waals surface area contributed by atoms with Gasteiger partial charge in [0.05, 0.1) is 0 Å². The van der Waals surface area contributed by atoms with E-state index in [2.05, 4.69) is 0 Å². The topological polar surface area (TPSA) is 61.3 Å². The first kappa shape index (κ1) is 9.84. The third kappa shape index (κ3) is 3.12. The lowest BCUT2D eigenvalue weighted by atomic mass is 10.4. The van der Waals surface area contributed by atoms with Gasteiger partial charge < -0.3 is 0 Å². The fourth-order valence-electron chi connectivity index (χ4n) is 0.487. The highest BCUT2D eigenvalue weighted by Gasteiger charge is 2.26. The molecule has 0 bridgehead atoms. The summed E-state index contributed by atoms with van der Waals surface area (Å²) in [5.74, 6) is 11.1. The van der Waals surface area contributed by atoms with Gasteiger partial charge in [-0.1, -0.05) is 0 Å². The summed E-state index contributed by atoms with van der Waals surface area (Å²) in [5, 5.41) is 0. The minimum Gasteiger partial charge on any atom is -0.158 e. The molecule has 0 aliphatic carbocycles. The number of nitrogens with two attached hydrogens (primary N) is 2. The second-order valence-electron chi connectivity index (χ2n) is 3.01. The number of nitrogens with zero attached hydrogens (tertiary/aromatic N) is 1. The second-order valence-corrected chi connectivity index (χ2v) is 3.01. The Labute approximate surface area is 62.2 Å². The molecule has 4 nitrogen and oxygen atoms in total. The van der Waals surface area contributed by atoms with E-state index in [0.717, 1.165) is 0 Å². The molecule has 10 heavy (non-hydrogen) atoms. The first-order chi connectivity index (χ1) is 4.36. The molecule has 4 N–H and O–H groups in total. The summed E-state index contributed by atoms with van der Waals surface area (Å²) in [7, 11) is 0. The van der Waals surface area contributed by atoms with Crippen molar-refractivity contribution >= 4 is 0 Å². The summed E-state index contributed by atoms with van der Waals surface area (Å²) in [6, 6.07) is 0.0717. The van der Waals surface area contributed by atoms with Gasteiger partial charge in [0.25, 0.3) is 0 Å². The zero-order valence-electron chi connectivity index (χ0n) is 7.16. The Kier molecular flexibility index (Phi) is 3.24. The summed E-state index contributed by atoms with van der Waals surface area (Å²) < 4.78 is 0. The van der Waals surface area contributed by atoms with E-state index in [0.29, 0.717) is 0 Å². The van der Waals surface area contributed by atoms with Crippen molar-refractivity contribution in [2.24, 2.45) is 11.7 Å². The molecule has 4 heteroatoms. The molecule has 0 saturated heterocycles. The minimum absolute atomic E-state index is 0.0531. The van der Waals surface area contributed by atoms with Crippen molar-refractivity contribution in [2.45, 2.75) is 39.8 Å². The number of hydroxylamine groups is 1. The van der Waals surface area contributed by atoms with Crippen LogP contribution in [0.3, 0.4) is 0 Å². The van der Waals surface area contributed by atoms with Gasteiger partial charge in [-0.15, -0.1) is 11.7 Å². The van der Waals surface area contributed by atoms with Gasteiger partial charge >= 0.3 is 0 Å². The SMILES string of the molecule is CC(C)O[N+](N)(N)C(C)C. The van der Waals surface area contributed by atoms with Crippen LogP contribution in [0, 0.1) is 0 Å². The van der Waals surface area contributed by atoms with Crippen molar-refractivity contribution in [3.63, 3.8) is 0 Å². The van der Waals surface area contributed by atoms with E-state index in [1.54, 1.807) is 0 Å². The third-order valence-corrected chi connectivity index (χ3v) is 1.20. The Morgan fingerprint density at radius 1 is 1.10 bits per heavy atom. The molecule has 0 spiro atoms. The lowest BCUT2D eigenvalue weighted by molar-refractivity contribution is -1.14. The second kappa shape index (κ2) is 3.30. The van der Waals surface area contributed by atoms with E-state index in [-0.39, 0.29) is 17.0 Å². The van der Waals surface area contributed by atoms with Crippen LogP contribution in [0.5, 0.6) is 0 Å². The molecule has 0 aromatic rings. The third-order valence-electron chi connectivity index (χ3n) is 1.20. The highest BCUT2D eigenvalue weighted by Crippen LogP contribution is 2.02. The van der Waals surface area contributed by atoms with Gasteiger partial charge in [-0.3, -0.25) is 0 Å². The van der Waals surface area contributed by atoms with Gasteiger partial charge in [-0.05, 0) is 32.6 Å². The van der Waals surface area contributed by atoms with Gasteiger partial charge in [0, 0.05) is 0 Å². The number of rotatable bonds is 3. The Bertz CT molecular complexity index is 101. The molecule has 0 rings (SSSR count). The van der Waals surface area contributed by atoms with E-state index in [4.69, 9.17) is 16.5 Å². The summed E-state index contributed by atoms with van der Waals surface area (Å²) in [5.41, 5.74) is 0. The van der Waals surface area contributed by atoms with Gasteiger partial charge in [-0.2, -0.15) is 4.84 Å². The molecule has 0 saturated carbocycles. The average Bonchev–Trinajstić information content (AvgIpc) is 1.60. The molecule has 0 aromatic carbocycles. The van der Waals surface area contributed by atoms with E-state index in [9.17, 15) is 0 Å². The number of hydrogen-bond acceptors (Lipinski definition) is 3. The van der Waals surface area contributed by atoms with Crippen molar-refractivity contribution in [1.29, 1.82) is 0 Å². The molecule has 62 valence electrons. The molecule has 0 fully saturated rings. The van der Waals surface area contributed by atoms with E-state index in [1.165, 1.54) is 0 Å². The maximum Gasteiger partial charge on any atom is 0.152 e. The van der Waals surface area contributed by atoms with Gasteiger partial charge in [-0.25, -0.2) is 0 Å². The Hall–Kier alpha value is -0.160. The van der Waals surface area contributed by atoms with Crippen LogP contribution in [0.15, 0.2) is 0 Å². The van der Waals surface area contributed by atoms with Crippen molar-refractivity contribution in [2.75, 3.05) is 0 Å². The monoisotopic (exact) mass is 148 g/mol. The van der Waals surface area contributed by atoms with Crippen LogP contribution in [-0.2, 0) is 4.84 Å². The number of hydrogen-bond donors (Lipinski definition) is 2. The molecule has 0 aliphatic rings. The van der Waals surface area contributed by atoms with Crippen molar-refractivity contribution in [1.82, 2.24) is 0 Å². The summed E-state index contributed by atoms with van der Waals surface area (Å²) in [4.78, 5) is 4.83. The molecule has 0 aromatic heterocycles. The normalized spacial score (nSPS) is 13.2. The fourth-order valence-corrected chi connectivity index (χ4v) is 0.487. The summed E-state index contributed by atoms with van der Waals surface area (Å²) >= 11 is 0. The largest absolute Gasteiger partial charge is 0.158 e. The van der Waals surface area contributed by atoms with Gasteiger partial charge in [0.2, 0.25) is 0 Å². The van der Waals surface area contributed by atoms with Crippen LogP contribution < -0.4 is 11.7 Å². The predicted octanol–water partition coefficient (Wildman–Crippen LogP) is 0.299. The lowest BCUT2D eigenvalue weighted by Gasteiger charge is -2.28. The first-order valence-electron chi connectivity index (χ1n) is 3.50. The lowest BCUT2D eigenvalue weighted by Crippen LogP contribution is -2.65. The van der Waals surface area contributed by atoms with E-state index < -0.39 is 0 Å². The summed E-state index contributed by atoms with van der Waals surface area (Å²) in [6.45, 7) is 7.61. The zero-order valence-corrected chi connectivity index (χ0v) is 7.16. The minimum atomic E-state index is -0.363. The quantitative estimate of drug-likeness (QED) is 0.344. The van der Waals surface area contributed by atoms with E-state index in [1.807, 2.05) is 27.7 Å². The predicted molar refractivity (Wildman–Crippen MR) is 40.0 cm³/mol. The van der Waals surface area contributed by atoms with Crippen LogP contribution in [0.2, 0.25) is 0 Å². The molecule has 0 amide bonds. The Morgan fingerprint density at radius 3 is 1.60 bits per heavy atom.